The van der Waals surface area contributed by atoms with Gasteiger partial charge in [-0.05, 0) is 44.2 Å². The maximum absolute atomic E-state index is 13.0. The minimum atomic E-state index is -0.248. The van der Waals surface area contributed by atoms with Gasteiger partial charge in [0.1, 0.15) is 5.69 Å². The van der Waals surface area contributed by atoms with Crippen LogP contribution in [0.5, 0.6) is 0 Å². The SMILES string of the molecule is COC1CC(NC(=O)c2cc3cc(Cl)ccc3[nH]2)C(NC(=O)c2nc3c(s2)CN(C)CC3)C1.Cl. The fourth-order valence-electron chi connectivity index (χ4n) is 4.63. The number of thiazole rings is 1. The molecule has 0 saturated heterocycles. The number of aromatic nitrogens is 2. The number of aromatic amines is 1. The summed E-state index contributed by atoms with van der Waals surface area (Å²) >= 11 is 7.51. The summed E-state index contributed by atoms with van der Waals surface area (Å²) in [4.78, 5) is 37.1. The summed E-state index contributed by atoms with van der Waals surface area (Å²) in [5, 5.41) is 8.14. The van der Waals surface area contributed by atoms with E-state index >= 15 is 0 Å². The lowest BCUT2D eigenvalue weighted by Crippen LogP contribution is -2.48. The molecule has 1 aliphatic heterocycles. The van der Waals surface area contributed by atoms with E-state index in [0.717, 1.165) is 41.0 Å². The van der Waals surface area contributed by atoms with Crippen LogP contribution in [0.2, 0.25) is 5.02 Å². The van der Waals surface area contributed by atoms with Crippen LogP contribution in [0.4, 0.5) is 0 Å². The van der Waals surface area contributed by atoms with Crippen LogP contribution < -0.4 is 10.6 Å². The lowest BCUT2D eigenvalue weighted by atomic mass is 10.1. The number of hydrogen-bond donors (Lipinski definition) is 3. The van der Waals surface area contributed by atoms with Crippen molar-refractivity contribution in [2.45, 2.75) is 44.0 Å². The van der Waals surface area contributed by atoms with E-state index in [1.54, 1.807) is 19.2 Å². The third kappa shape index (κ3) is 5.08. The zero-order valence-corrected chi connectivity index (χ0v) is 21.3. The first kappa shape index (κ1) is 24.9. The third-order valence-electron chi connectivity index (χ3n) is 6.43. The Labute approximate surface area is 212 Å². The van der Waals surface area contributed by atoms with Crippen molar-refractivity contribution in [3.05, 3.63) is 50.6 Å². The number of nitrogens with zero attached hydrogens (tertiary/aromatic N) is 2. The van der Waals surface area contributed by atoms with E-state index < -0.39 is 0 Å². The molecule has 0 spiro atoms. The molecule has 2 aromatic heterocycles. The molecule has 2 aliphatic rings. The second-order valence-corrected chi connectivity index (χ2v) is 10.3. The maximum Gasteiger partial charge on any atom is 0.280 e. The summed E-state index contributed by atoms with van der Waals surface area (Å²) in [5.41, 5.74) is 2.32. The third-order valence-corrected chi connectivity index (χ3v) is 7.75. The van der Waals surface area contributed by atoms with Crippen LogP contribution in [0.3, 0.4) is 0 Å². The zero-order chi connectivity index (χ0) is 23.1. The molecule has 182 valence electrons. The maximum atomic E-state index is 13.0. The minimum Gasteiger partial charge on any atom is -0.381 e. The van der Waals surface area contributed by atoms with Crippen molar-refractivity contribution in [3.8, 4) is 0 Å². The molecule has 3 N–H and O–H groups in total. The van der Waals surface area contributed by atoms with Crippen molar-refractivity contribution in [1.82, 2.24) is 25.5 Å². The molecule has 1 aliphatic carbocycles. The largest absolute Gasteiger partial charge is 0.381 e. The Balaban J connectivity index is 0.00000274. The Bertz CT molecular complexity index is 1210. The smallest absolute Gasteiger partial charge is 0.280 e. The molecule has 34 heavy (non-hydrogen) atoms. The number of carbonyl (C=O) groups is 2. The molecule has 1 saturated carbocycles. The van der Waals surface area contributed by atoms with Crippen molar-refractivity contribution in [2.75, 3.05) is 20.7 Å². The average Bonchev–Trinajstić information content (AvgIpc) is 3.49. The highest BCUT2D eigenvalue weighted by atomic mass is 35.5. The van der Waals surface area contributed by atoms with Gasteiger partial charge in [0, 0.05) is 47.4 Å². The highest BCUT2D eigenvalue weighted by Crippen LogP contribution is 2.27. The van der Waals surface area contributed by atoms with Gasteiger partial charge in [-0.3, -0.25) is 9.59 Å². The number of likely N-dealkylation sites (N-methyl/N-ethyl adjacent to an activating group) is 1. The number of H-pyrrole nitrogens is 1. The number of fused-ring (bicyclic) bond motifs is 2. The lowest BCUT2D eigenvalue weighted by Gasteiger charge is -2.21. The van der Waals surface area contributed by atoms with E-state index in [2.05, 4.69) is 32.5 Å². The Morgan fingerprint density at radius 3 is 2.68 bits per heavy atom. The minimum absolute atomic E-state index is 0. The van der Waals surface area contributed by atoms with E-state index in [1.807, 2.05) is 12.1 Å². The number of ether oxygens (including phenoxy) is 1. The number of halogens is 2. The van der Waals surface area contributed by atoms with Gasteiger partial charge in [0.2, 0.25) is 0 Å². The molecule has 3 aromatic rings. The lowest BCUT2D eigenvalue weighted by molar-refractivity contribution is 0.0889. The molecular weight excluding hydrogens is 497 g/mol. The van der Waals surface area contributed by atoms with Gasteiger partial charge in [-0.1, -0.05) is 11.6 Å². The van der Waals surface area contributed by atoms with Gasteiger partial charge in [-0.25, -0.2) is 4.98 Å². The van der Waals surface area contributed by atoms with E-state index in [1.165, 1.54) is 11.3 Å². The molecule has 8 nitrogen and oxygen atoms in total. The Kier molecular flexibility index (Phi) is 7.49. The van der Waals surface area contributed by atoms with E-state index in [4.69, 9.17) is 16.3 Å². The molecule has 5 rings (SSSR count). The van der Waals surface area contributed by atoms with Crippen LogP contribution in [0, 0.1) is 0 Å². The van der Waals surface area contributed by atoms with Crippen LogP contribution in [-0.4, -0.2) is 65.6 Å². The molecule has 0 bridgehead atoms. The van der Waals surface area contributed by atoms with Gasteiger partial charge < -0.3 is 25.3 Å². The summed E-state index contributed by atoms with van der Waals surface area (Å²) in [5.74, 6) is -0.422. The molecule has 0 radical (unpaired) electrons. The predicted molar refractivity (Wildman–Crippen MR) is 135 cm³/mol. The van der Waals surface area contributed by atoms with Crippen molar-refractivity contribution in [1.29, 1.82) is 0 Å². The fraction of sp³-hybridized carbons (Fsp3) is 0.435. The second kappa shape index (κ2) is 10.2. The number of methoxy groups -OCH3 is 1. The molecule has 3 heterocycles. The number of hydrogen-bond acceptors (Lipinski definition) is 6. The zero-order valence-electron chi connectivity index (χ0n) is 18.9. The molecule has 1 aromatic carbocycles. The van der Waals surface area contributed by atoms with Crippen LogP contribution in [0.25, 0.3) is 10.9 Å². The van der Waals surface area contributed by atoms with E-state index in [9.17, 15) is 9.59 Å². The van der Waals surface area contributed by atoms with E-state index in [0.29, 0.717) is 28.6 Å². The molecule has 2 amide bonds. The summed E-state index contributed by atoms with van der Waals surface area (Å²) in [6.45, 7) is 1.77. The summed E-state index contributed by atoms with van der Waals surface area (Å²) in [6.07, 6.45) is 2.07. The van der Waals surface area contributed by atoms with Crippen LogP contribution >= 0.6 is 35.3 Å². The highest BCUT2D eigenvalue weighted by Gasteiger charge is 2.37. The van der Waals surface area contributed by atoms with Gasteiger partial charge in [0.05, 0.1) is 23.9 Å². The van der Waals surface area contributed by atoms with Crippen LogP contribution in [0.15, 0.2) is 24.3 Å². The Morgan fingerprint density at radius 2 is 1.94 bits per heavy atom. The summed E-state index contributed by atoms with van der Waals surface area (Å²) < 4.78 is 5.54. The normalized spacial score (nSPS) is 22.3. The second-order valence-electron chi connectivity index (χ2n) is 8.78. The van der Waals surface area contributed by atoms with Crippen molar-refractivity contribution in [2.24, 2.45) is 0 Å². The Hall–Kier alpha value is -2.17. The number of rotatable bonds is 5. The summed E-state index contributed by atoms with van der Waals surface area (Å²) in [6, 6.07) is 6.73. The number of carbonyl (C=O) groups excluding carboxylic acids is 2. The van der Waals surface area contributed by atoms with Gasteiger partial charge in [-0.2, -0.15) is 0 Å². The first-order valence-electron chi connectivity index (χ1n) is 11.0. The Morgan fingerprint density at radius 1 is 1.21 bits per heavy atom. The molecule has 3 atom stereocenters. The van der Waals surface area contributed by atoms with Crippen molar-refractivity contribution in [3.63, 3.8) is 0 Å². The quantitative estimate of drug-likeness (QED) is 0.475. The average molecular weight is 524 g/mol. The molecular formula is C23H27Cl2N5O3S. The molecule has 3 unspecified atom stereocenters. The molecule has 1 fully saturated rings. The van der Waals surface area contributed by atoms with Gasteiger partial charge in [0.15, 0.2) is 5.01 Å². The first-order valence-corrected chi connectivity index (χ1v) is 12.2. The number of benzene rings is 1. The van der Waals surface area contributed by atoms with E-state index in [-0.39, 0.29) is 42.4 Å². The van der Waals surface area contributed by atoms with Gasteiger partial charge in [-0.15, -0.1) is 23.7 Å². The van der Waals surface area contributed by atoms with Crippen LogP contribution in [0.1, 0.15) is 43.7 Å². The standard InChI is InChI=1S/C23H26ClN5O3S.ClH/c1-29-6-5-16-20(11-29)33-23(28-16)22(31)27-18-10-14(32-2)9-17(18)26-21(30)19-8-12-7-13(24)3-4-15(12)25-19;/h3-4,7-8,14,17-18,25H,5-6,9-11H2,1-2H3,(H,26,30)(H,27,31);1H. The summed E-state index contributed by atoms with van der Waals surface area (Å²) in [7, 11) is 3.72. The topological polar surface area (TPSA) is 99.3 Å². The van der Waals surface area contributed by atoms with Gasteiger partial charge >= 0.3 is 0 Å². The first-order chi connectivity index (χ1) is 15.9. The number of nitrogens with one attached hydrogen (secondary N) is 3. The monoisotopic (exact) mass is 523 g/mol. The van der Waals surface area contributed by atoms with Crippen LogP contribution in [-0.2, 0) is 17.7 Å². The van der Waals surface area contributed by atoms with Crippen molar-refractivity contribution < 1.29 is 14.3 Å². The highest BCUT2D eigenvalue weighted by molar-refractivity contribution is 7.13. The molecule has 11 heteroatoms. The van der Waals surface area contributed by atoms with Crippen molar-refractivity contribution >= 4 is 58.1 Å². The predicted octanol–water partition coefficient (Wildman–Crippen LogP) is 3.39. The number of amides is 2. The fourth-order valence-corrected chi connectivity index (χ4v) is 5.90. The van der Waals surface area contributed by atoms with Gasteiger partial charge in [0.25, 0.3) is 11.8 Å².